The number of amides is 4. The summed E-state index contributed by atoms with van der Waals surface area (Å²) in [4.78, 5) is 80.8. The lowest BCUT2D eigenvalue weighted by molar-refractivity contribution is -0.144. The molecule has 0 aliphatic carbocycles. The number of halogens is 4. The summed E-state index contributed by atoms with van der Waals surface area (Å²) in [5.41, 5.74) is 1.35. The number of hydrogen-bond donors (Lipinski definition) is 5. The number of ketones is 1. The zero-order chi connectivity index (χ0) is 41.1. The molecule has 57 heavy (non-hydrogen) atoms. The van der Waals surface area contributed by atoms with Crippen molar-refractivity contribution in [1.29, 1.82) is 0 Å². The third-order valence-corrected chi connectivity index (χ3v) is 9.84. The number of hydrogen-bond acceptors (Lipinski definition) is 6. The third kappa shape index (κ3) is 12.5. The number of anilines is 1. The molecule has 2 bridgehead atoms. The molecule has 0 spiro atoms. The van der Waals surface area contributed by atoms with Crippen molar-refractivity contribution < 1.29 is 47.0 Å². The first-order chi connectivity index (χ1) is 27.1. The van der Waals surface area contributed by atoms with Crippen molar-refractivity contribution in [3.05, 3.63) is 136 Å². The Bertz CT molecular complexity index is 2080. The van der Waals surface area contributed by atoms with Crippen molar-refractivity contribution in [2.45, 2.75) is 69.2 Å². The van der Waals surface area contributed by atoms with E-state index >= 15 is 0 Å². The molecule has 11 nitrogen and oxygen atoms in total. The Morgan fingerprint density at radius 1 is 0.649 bits per heavy atom. The summed E-state index contributed by atoms with van der Waals surface area (Å²) in [5.74, 6) is -5.99. The van der Waals surface area contributed by atoms with Crippen molar-refractivity contribution in [3.63, 3.8) is 0 Å². The van der Waals surface area contributed by atoms with Crippen molar-refractivity contribution in [1.82, 2.24) is 16.0 Å². The molecule has 2 aliphatic heterocycles. The summed E-state index contributed by atoms with van der Waals surface area (Å²) >= 11 is 6.40. The van der Waals surface area contributed by atoms with E-state index in [-0.39, 0.29) is 49.1 Å². The molecule has 0 saturated carbocycles. The van der Waals surface area contributed by atoms with Crippen LogP contribution in [0.5, 0.6) is 0 Å². The molecule has 2 aliphatic rings. The molecular formula is C42H40ClF3N4O7. The summed E-state index contributed by atoms with van der Waals surface area (Å²) in [6, 6.07) is 21.4. The van der Waals surface area contributed by atoms with E-state index in [0.29, 0.717) is 22.4 Å². The second kappa shape index (κ2) is 19.2. The minimum absolute atomic E-state index is 0.0434. The molecule has 6 rings (SSSR count). The average Bonchev–Trinajstić information content (AvgIpc) is 3.17. The molecule has 4 aromatic rings. The summed E-state index contributed by atoms with van der Waals surface area (Å²) in [6.45, 7) is 0. The molecule has 0 aromatic heterocycles. The number of Topliss-reactive ketones (excluding diaryl/α,β-unsaturated/α-hetero) is 1. The van der Waals surface area contributed by atoms with E-state index in [0.717, 1.165) is 24.3 Å². The fourth-order valence-electron chi connectivity index (χ4n) is 6.37. The highest BCUT2D eigenvalue weighted by Crippen LogP contribution is 2.29. The first-order valence-corrected chi connectivity index (χ1v) is 18.5. The lowest BCUT2D eigenvalue weighted by Crippen LogP contribution is -2.57. The number of nitrogens with one attached hydrogen (secondary N) is 4. The van der Waals surface area contributed by atoms with Crippen LogP contribution in [0.1, 0.15) is 47.1 Å². The molecular weight excluding hydrogens is 765 g/mol. The molecule has 0 saturated heterocycles. The van der Waals surface area contributed by atoms with Gasteiger partial charge in [0.1, 0.15) is 12.1 Å². The van der Waals surface area contributed by atoms with Gasteiger partial charge in [-0.3, -0.25) is 28.8 Å². The minimum Gasteiger partial charge on any atom is -0.481 e. The Labute approximate surface area is 331 Å². The molecule has 4 amide bonds. The highest BCUT2D eigenvalue weighted by molar-refractivity contribution is 6.31. The van der Waals surface area contributed by atoms with Crippen molar-refractivity contribution in [3.8, 4) is 0 Å². The normalized spacial score (nSPS) is 20.4. The van der Waals surface area contributed by atoms with Gasteiger partial charge >= 0.3 is 12.1 Å². The van der Waals surface area contributed by atoms with Gasteiger partial charge in [0.25, 0.3) is 0 Å². The fraction of sp³-hybridized carbons (Fsp3) is 0.286. The van der Waals surface area contributed by atoms with Gasteiger partial charge in [-0.05, 0) is 65.4 Å². The number of carbonyl (C=O) groups excluding carboxylic acids is 5. The lowest BCUT2D eigenvalue weighted by atomic mass is 9.90. The van der Waals surface area contributed by atoms with Gasteiger partial charge in [-0.2, -0.15) is 13.2 Å². The monoisotopic (exact) mass is 804 g/mol. The van der Waals surface area contributed by atoms with Crippen LogP contribution < -0.4 is 21.3 Å². The minimum atomic E-state index is -4.63. The number of carboxylic acid groups (broad SMARTS) is 1. The molecule has 4 atom stereocenters. The molecule has 298 valence electrons. The van der Waals surface area contributed by atoms with Crippen LogP contribution in [0.2, 0.25) is 5.02 Å². The number of aliphatic carboxylic acids is 1. The zero-order valence-corrected chi connectivity index (χ0v) is 31.2. The predicted molar refractivity (Wildman–Crippen MR) is 205 cm³/mol. The summed E-state index contributed by atoms with van der Waals surface area (Å²) in [5, 5.41) is 21.0. The Kier molecular flexibility index (Phi) is 14.2. The molecule has 4 aromatic carbocycles. The van der Waals surface area contributed by atoms with Crippen LogP contribution in [-0.2, 0) is 60.6 Å². The quantitative estimate of drug-likeness (QED) is 0.154. The second-order valence-corrected chi connectivity index (χ2v) is 14.2. The number of fused-ring (bicyclic) bond motifs is 18. The van der Waals surface area contributed by atoms with Gasteiger partial charge < -0.3 is 26.4 Å². The van der Waals surface area contributed by atoms with E-state index in [1.165, 1.54) is 0 Å². The van der Waals surface area contributed by atoms with E-state index in [1.54, 1.807) is 78.9 Å². The van der Waals surface area contributed by atoms with Crippen LogP contribution in [0, 0.1) is 5.92 Å². The van der Waals surface area contributed by atoms with Crippen LogP contribution in [0.15, 0.2) is 103 Å². The van der Waals surface area contributed by atoms with Gasteiger partial charge in [0, 0.05) is 42.8 Å². The summed E-state index contributed by atoms with van der Waals surface area (Å²) in [6.07, 6.45) is -6.27. The van der Waals surface area contributed by atoms with Crippen molar-refractivity contribution >= 4 is 52.7 Å². The highest BCUT2D eigenvalue weighted by Gasteiger charge is 2.34. The van der Waals surface area contributed by atoms with Gasteiger partial charge in [-0.25, -0.2) is 0 Å². The third-order valence-electron chi connectivity index (χ3n) is 9.47. The smallest absolute Gasteiger partial charge is 0.416 e. The summed E-state index contributed by atoms with van der Waals surface area (Å²) in [7, 11) is 0. The maximum absolute atomic E-state index is 14.2. The molecule has 2 heterocycles. The van der Waals surface area contributed by atoms with Crippen LogP contribution in [0.3, 0.4) is 0 Å². The molecule has 0 fully saturated rings. The lowest BCUT2D eigenvalue weighted by Gasteiger charge is -2.26. The first-order valence-electron chi connectivity index (χ1n) is 18.1. The predicted octanol–water partition coefficient (Wildman–Crippen LogP) is 5.48. The molecule has 0 radical (unpaired) electrons. The standard InChI is InChI=1S/C42H40ClF3N4O7/c43-32-9-5-4-8-28(32)23-35-40(55)50-34(22-27-10-14-30(15-11-27)42(44,45)46)39(54)49-33(21-25-6-2-1-3-7-25)36(51)24-29(41(56)57)20-26-12-16-31(17-13-26)47-37(52)18-19-38(53)48-35/h1-17,29,33-35H,18-24H2,(H,47,52)(H,48,53)(H,49,54)(H,50,55)(H,56,57)/t29-,33-,34+,35-/m1/s1. The Morgan fingerprint density at radius 3 is 1.84 bits per heavy atom. The fourth-order valence-corrected chi connectivity index (χ4v) is 6.58. The SMILES string of the molecule is O=C1CCC(=O)N[C@H](Cc2ccccc2Cl)C(=O)N[C@@H](Cc2ccc(C(F)(F)F)cc2)C(=O)N[C@H](Cc2ccccc2)C(=O)C[C@H](C(=O)O)Cc2ccc(cc2)N1. The van der Waals surface area contributed by atoms with Crippen molar-refractivity contribution in [2.24, 2.45) is 5.92 Å². The first kappa shape index (κ1) is 42.1. The number of carboxylic acids is 1. The van der Waals surface area contributed by atoms with Gasteiger partial charge in [-0.15, -0.1) is 0 Å². The Hall–Kier alpha value is -6.02. The number of rotatable bonds is 7. The van der Waals surface area contributed by atoms with E-state index in [2.05, 4.69) is 21.3 Å². The highest BCUT2D eigenvalue weighted by atomic mass is 35.5. The van der Waals surface area contributed by atoms with E-state index in [1.807, 2.05) is 0 Å². The molecule has 0 unspecified atom stereocenters. The zero-order valence-electron chi connectivity index (χ0n) is 30.5. The van der Waals surface area contributed by atoms with Crippen LogP contribution in [0.25, 0.3) is 0 Å². The van der Waals surface area contributed by atoms with Crippen LogP contribution in [0.4, 0.5) is 18.9 Å². The van der Waals surface area contributed by atoms with Gasteiger partial charge in [-0.1, -0.05) is 84.4 Å². The van der Waals surface area contributed by atoms with Gasteiger partial charge in [0.2, 0.25) is 23.6 Å². The van der Waals surface area contributed by atoms with Crippen molar-refractivity contribution in [2.75, 3.05) is 5.32 Å². The topological polar surface area (TPSA) is 171 Å². The van der Waals surface area contributed by atoms with E-state index in [4.69, 9.17) is 11.6 Å². The largest absolute Gasteiger partial charge is 0.481 e. The maximum Gasteiger partial charge on any atom is 0.416 e. The Balaban J connectivity index is 1.53. The van der Waals surface area contributed by atoms with Crippen LogP contribution >= 0.6 is 11.6 Å². The number of carbonyl (C=O) groups is 6. The molecule has 15 heteroatoms. The van der Waals surface area contributed by atoms with Gasteiger partial charge in [0.15, 0.2) is 5.78 Å². The maximum atomic E-state index is 14.2. The summed E-state index contributed by atoms with van der Waals surface area (Å²) < 4.78 is 40.2. The van der Waals surface area contributed by atoms with E-state index < -0.39 is 77.6 Å². The average molecular weight is 805 g/mol. The molecule has 5 N–H and O–H groups in total. The number of alkyl halides is 3. The Morgan fingerprint density at radius 2 is 1.21 bits per heavy atom. The van der Waals surface area contributed by atoms with Crippen LogP contribution in [-0.4, -0.2) is 58.6 Å². The van der Waals surface area contributed by atoms with E-state index in [9.17, 15) is 47.0 Å². The van der Waals surface area contributed by atoms with Gasteiger partial charge in [0.05, 0.1) is 17.5 Å². The number of benzene rings is 4. The second-order valence-electron chi connectivity index (χ2n) is 13.8.